The van der Waals surface area contributed by atoms with Crippen molar-refractivity contribution in [2.24, 2.45) is 5.41 Å². The van der Waals surface area contributed by atoms with Crippen LogP contribution in [0.2, 0.25) is 0 Å². The van der Waals surface area contributed by atoms with E-state index in [2.05, 4.69) is 5.32 Å². The van der Waals surface area contributed by atoms with E-state index in [1.165, 1.54) is 12.8 Å². The van der Waals surface area contributed by atoms with Crippen molar-refractivity contribution in [1.29, 1.82) is 0 Å². The molecule has 2 unspecified atom stereocenters. The molecular weight excluding hydrogens is 282 g/mol. The molecule has 1 aromatic heterocycles. The number of nitrogens with one attached hydrogen (secondary N) is 1. The van der Waals surface area contributed by atoms with Gasteiger partial charge in [-0.2, -0.15) is 0 Å². The smallest absolute Gasteiger partial charge is 0.287 e. The summed E-state index contributed by atoms with van der Waals surface area (Å²) in [7, 11) is 1.61. The first-order chi connectivity index (χ1) is 10.7. The lowest BCUT2D eigenvalue weighted by Crippen LogP contribution is -2.63. The van der Waals surface area contributed by atoms with E-state index in [4.69, 9.17) is 13.9 Å². The van der Waals surface area contributed by atoms with Crippen LogP contribution in [0.5, 0.6) is 0 Å². The average molecular weight is 307 g/mol. The van der Waals surface area contributed by atoms with Crippen molar-refractivity contribution in [3.63, 3.8) is 0 Å². The predicted molar refractivity (Wildman–Crippen MR) is 81.6 cm³/mol. The van der Waals surface area contributed by atoms with E-state index in [1.54, 1.807) is 19.2 Å². The van der Waals surface area contributed by atoms with E-state index in [9.17, 15) is 4.79 Å². The van der Waals surface area contributed by atoms with Crippen molar-refractivity contribution >= 4 is 5.91 Å². The molecule has 1 N–H and O–H groups in total. The lowest BCUT2D eigenvalue weighted by Gasteiger charge is -2.53. The minimum Gasteiger partial charge on any atom is -0.453 e. The zero-order chi connectivity index (χ0) is 15.6. The fourth-order valence-corrected chi connectivity index (χ4v) is 4.04. The molecule has 0 aliphatic heterocycles. The van der Waals surface area contributed by atoms with Gasteiger partial charge in [-0.1, -0.05) is 12.8 Å². The van der Waals surface area contributed by atoms with E-state index in [0.29, 0.717) is 24.2 Å². The third kappa shape index (κ3) is 2.68. The number of hydrogen-bond donors (Lipinski definition) is 1. The summed E-state index contributed by atoms with van der Waals surface area (Å²) >= 11 is 0. The third-order valence-corrected chi connectivity index (χ3v) is 5.16. The maximum atomic E-state index is 12.4. The second-order valence-corrected chi connectivity index (χ2v) is 6.34. The van der Waals surface area contributed by atoms with Gasteiger partial charge in [0.1, 0.15) is 12.4 Å². The van der Waals surface area contributed by atoms with Crippen LogP contribution in [-0.4, -0.2) is 31.8 Å². The molecule has 2 aliphatic carbocycles. The van der Waals surface area contributed by atoms with Gasteiger partial charge in [-0.05, 0) is 38.3 Å². The van der Waals surface area contributed by atoms with E-state index in [-0.39, 0.29) is 17.4 Å². The van der Waals surface area contributed by atoms with Crippen molar-refractivity contribution < 1.29 is 18.7 Å². The Morgan fingerprint density at radius 1 is 1.41 bits per heavy atom. The van der Waals surface area contributed by atoms with Crippen LogP contribution in [0.4, 0.5) is 0 Å². The van der Waals surface area contributed by atoms with Gasteiger partial charge in [-0.15, -0.1) is 0 Å². The van der Waals surface area contributed by atoms with Crippen molar-refractivity contribution in [1.82, 2.24) is 5.32 Å². The van der Waals surface area contributed by atoms with Gasteiger partial charge >= 0.3 is 0 Å². The molecule has 2 fully saturated rings. The van der Waals surface area contributed by atoms with E-state index in [1.807, 2.05) is 6.92 Å². The highest BCUT2D eigenvalue weighted by atomic mass is 16.5. The minimum absolute atomic E-state index is 0.131. The molecule has 2 aliphatic rings. The van der Waals surface area contributed by atoms with Crippen molar-refractivity contribution in [2.75, 3.05) is 13.7 Å². The van der Waals surface area contributed by atoms with Gasteiger partial charge < -0.3 is 19.2 Å². The predicted octanol–water partition coefficient (Wildman–Crippen LogP) is 2.89. The number of rotatable bonds is 6. The van der Waals surface area contributed by atoms with Crippen LogP contribution >= 0.6 is 0 Å². The first kappa shape index (κ1) is 15.6. The second kappa shape index (κ2) is 6.42. The van der Waals surface area contributed by atoms with Crippen LogP contribution in [0, 0.1) is 5.41 Å². The van der Waals surface area contributed by atoms with Gasteiger partial charge in [0.25, 0.3) is 5.91 Å². The molecular formula is C17H25NO4. The van der Waals surface area contributed by atoms with Crippen molar-refractivity contribution in [3.05, 3.63) is 23.7 Å². The molecule has 1 spiro atoms. The number of furan rings is 1. The molecule has 2 atom stereocenters. The molecule has 2 saturated carbocycles. The quantitative estimate of drug-likeness (QED) is 0.878. The molecule has 22 heavy (non-hydrogen) atoms. The lowest BCUT2D eigenvalue weighted by atomic mass is 9.60. The van der Waals surface area contributed by atoms with Gasteiger partial charge in [-0.25, -0.2) is 0 Å². The topological polar surface area (TPSA) is 60.7 Å². The van der Waals surface area contributed by atoms with Crippen LogP contribution in [0.1, 0.15) is 55.3 Å². The second-order valence-electron chi connectivity index (χ2n) is 6.34. The maximum absolute atomic E-state index is 12.4. The largest absolute Gasteiger partial charge is 0.453 e. The van der Waals surface area contributed by atoms with Gasteiger partial charge in [-0.3, -0.25) is 4.79 Å². The molecule has 1 heterocycles. The van der Waals surface area contributed by atoms with E-state index >= 15 is 0 Å². The number of methoxy groups -OCH3 is 1. The number of carbonyl (C=O) groups excluding carboxylic acids is 1. The highest BCUT2D eigenvalue weighted by molar-refractivity contribution is 5.91. The van der Waals surface area contributed by atoms with Gasteiger partial charge in [0.05, 0.1) is 6.10 Å². The van der Waals surface area contributed by atoms with E-state index < -0.39 is 0 Å². The molecule has 0 aromatic carbocycles. The average Bonchev–Trinajstić information content (AvgIpc) is 3.17. The first-order valence-corrected chi connectivity index (χ1v) is 8.19. The first-order valence-electron chi connectivity index (χ1n) is 8.19. The minimum atomic E-state index is -0.131. The normalized spacial score (nSPS) is 26.1. The van der Waals surface area contributed by atoms with Crippen molar-refractivity contribution in [3.8, 4) is 0 Å². The summed E-state index contributed by atoms with van der Waals surface area (Å²) in [4.78, 5) is 12.4. The van der Waals surface area contributed by atoms with Crippen LogP contribution in [0.3, 0.4) is 0 Å². The molecule has 3 rings (SSSR count). The Morgan fingerprint density at radius 2 is 2.18 bits per heavy atom. The van der Waals surface area contributed by atoms with Crippen LogP contribution < -0.4 is 5.32 Å². The Kier molecular flexibility index (Phi) is 4.54. The SMILES string of the molecule is CCOC1CC(NC(=O)c2ccc(COC)o2)C12CCCC2. The highest BCUT2D eigenvalue weighted by Crippen LogP contribution is 2.54. The Bertz CT molecular complexity index is 518. The molecule has 5 nitrogen and oxygen atoms in total. The molecule has 122 valence electrons. The van der Waals surface area contributed by atoms with Crippen molar-refractivity contribution in [2.45, 2.75) is 57.8 Å². The Labute approximate surface area is 131 Å². The third-order valence-electron chi connectivity index (χ3n) is 5.16. The van der Waals surface area contributed by atoms with Gasteiger partial charge in [0.2, 0.25) is 0 Å². The Morgan fingerprint density at radius 3 is 2.86 bits per heavy atom. The van der Waals surface area contributed by atoms with Gasteiger partial charge in [0.15, 0.2) is 5.76 Å². The highest BCUT2D eigenvalue weighted by Gasteiger charge is 2.57. The Hall–Kier alpha value is -1.33. The molecule has 1 aromatic rings. The molecule has 0 bridgehead atoms. The van der Waals surface area contributed by atoms with Crippen LogP contribution in [-0.2, 0) is 16.1 Å². The van der Waals surface area contributed by atoms with Gasteiger partial charge in [0, 0.05) is 25.2 Å². The summed E-state index contributed by atoms with van der Waals surface area (Å²) in [5, 5.41) is 3.16. The lowest BCUT2D eigenvalue weighted by molar-refractivity contribution is -0.127. The number of ether oxygens (including phenoxy) is 2. The summed E-state index contributed by atoms with van der Waals surface area (Å²) in [6.07, 6.45) is 5.96. The maximum Gasteiger partial charge on any atom is 0.287 e. The number of hydrogen-bond acceptors (Lipinski definition) is 4. The zero-order valence-electron chi connectivity index (χ0n) is 13.4. The van der Waals surface area contributed by atoms with Crippen LogP contribution in [0.25, 0.3) is 0 Å². The Balaban J connectivity index is 1.63. The zero-order valence-corrected chi connectivity index (χ0v) is 13.4. The fraction of sp³-hybridized carbons (Fsp3) is 0.706. The molecule has 1 amide bonds. The number of carbonyl (C=O) groups is 1. The summed E-state index contributed by atoms with van der Waals surface area (Å²) < 4.78 is 16.4. The summed E-state index contributed by atoms with van der Waals surface area (Å²) in [6, 6.07) is 3.70. The molecule has 0 saturated heterocycles. The standard InChI is InChI=1S/C17H25NO4/c1-3-21-15-10-14(17(15)8-4-5-9-17)18-16(19)13-7-6-12(22-13)11-20-2/h6-7,14-15H,3-5,8-11H2,1-2H3,(H,18,19). The molecule has 0 radical (unpaired) electrons. The summed E-state index contributed by atoms with van der Waals surface area (Å²) in [5.74, 6) is 0.901. The summed E-state index contributed by atoms with van der Waals surface area (Å²) in [5.41, 5.74) is 0.146. The van der Waals surface area contributed by atoms with Crippen LogP contribution in [0.15, 0.2) is 16.5 Å². The molecule has 5 heteroatoms. The number of amides is 1. The monoisotopic (exact) mass is 307 g/mol. The fourth-order valence-electron chi connectivity index (χ4n) is 4.04. The summed E-state index contributed by atoms with van der Waals surface area (Å²) in [6.45, 7) is 3.16. The van der Waals surface area contributed by atoms with E-state index in [0.717, 1.165) is 25.9 Å².